The Bertz CT molecular complexity index is 250. The van der Waals surface area contributed by atoms with E-state index in [9.17, 15) is 0 Å². The highest BCUT2D eigenvalue weighted by molar-refractivity contribution is 6.29. The van der Waals surface area contributed by atoms with Gasteiger partial charge in [0.15, 0.2) is 5.15 Å². The first-order valence-electron chi connectivity index (χ1n) is 4.38. The van der Waals surface area contributed by atoms with E-state index < -0.39 is 0 Å². The zero-order valence-electron chi connectivity index (χ0n) is 7.83. The van der Waals surface area contributed by atoms with Crippen molar-refractivity contribution in [3.8, 4) is 5.88 Å². The first kappa shape index (κ1) is 10.3. The second-order valence-electron chi connectivity index (χ2n) is 2.91. The van der Waals surface area contributed by atoms with E-state index in [-0.39, 0.29) is 6.10 Å². The Morgan fingerprint density at radius 3 is 2.77 bits per heavy atom. The zero-order chi connectivity index (χ0) is 9.68. The van der Waals surface area contributed by atoms with Gasteiger partial charge in [0.25, 0.3) is 0 Å². The van der Waals surface area contributed by atoms with Crippen LogP contribution >= 0.6 is 11.6 Å². The number of hydrogen-bond donors (Lipinski definition) is 0. The first-order chi connectivity index (χ1) is 6.22. The molecule has 0 bridgehead atoms. The smallest absolute Gasteiger partial charge is 0.233 e. The molecular formula is C9H13ClN2O. The summed E-state index contributed by atoms with van der Waals surface area (Å²) in [5, 5.41) is 7.86. The standard InChI is InChI=1S/C9H13ClN2O/c1-3-4-7(2)13-9-6-5-8(10)11-12-9/h5-7H,3-4H2,1-2H3. The molecular weight excluding hydrogens is 188 g/mol. The van der Waals surface area contributed by atoms with Crippen molar-refractivity contribution in [2.24, 2.45) is 0 Å². The van der Waals surface area contributed by atoms with Gasteiger partial charge in [0.05, 0.1) is 6.10 Å². The Kier molecular flexibility index (Phi) is 3.96. The van der Waals surface area contributed by atoms with E-state index in [0.717, 1.165) is 12.8 Å². The van der Waals surface area contributed by atoms with E-state index in [1.165, 1.54) is 0 Å². The average Bonchev–Trinajstić information content (AvgIpc) is 2.09. The van der Waals surface area contributed by atoms with Gasteiger partial charge in [-0.25, -0.2) is 0 Å². The van der Waals surface area contributed by atoms with Crippen LogP contribution in [0.4, 0.5) is 0 Å². The van der Waals surface area contributed by atoms with Gasteiger partial charge in [-0.1, -0.05) is 24.9 Å². The summed E-state index contributed by atoms with van der Waals surface area (Å²) >= 11 is 5.58. The average molecular weight is 201 g/mol. The van der Waals surface area contributed by atoms with E-state index in [1.807, 2.05) is 6.92 Å². The lowest BCUT2D eigenvalue weighted by Gasteiger charge is -2.11. The van der Waals surface area contributed by atoms with Crippen LogP contribution in [-0.4, -0.2) is 16.3 Å². The summed E-state index contributed by atoms with van der Waals surface area (Å²) in [6.07, 6.45) is 2.30. The Hall–Kier alpha value is -0.830. The molecule has 0 radical (unpaired) electrons. The van der Waals surface area contributed by atoms with Crippen LogP contribution < -0.4 is 4.74 Å². The van der Waals surface area contributed by atoms with E-state index in [2.05, 4.69) is 17.1 Å². The minimum Gasteiger partial charge on any atom is -0.474 e. The van der Waals surface area contributed by atoms with Crippen molar-refractivity contribution < 1.29 is 4.74 Å². The molecule has 1 aromatic rings. The summed E-state index contributed by atoms with van der Waals surface area (Å²) in [4.78, 5) is 0. The third-order valence-electron chi connectivity index (χ3n) is 1.62. The van der Waals surface area contributed by atoms with Crippen LogP contribution in [0, 0.1) is 0 Å². The highest BCUT2D eigenvalue weighted by atomic mass is 35.5. The van der Waals surface area contributed by atoms with Crippen molar-refractivity contribution in [1.29, 1.82) is 0 Å². The van der Waals surface area contributed by atoms with Gasteiger partial charge in [-0.2, -0.15) is 0 Å². The summed E-state index contributed by atoms with van der Waals surface area (Å²) in [5.41, 5.74) is 0. The number of rotatable bonds is 4. The quantitative estimate of drug-likeness (QED) is 0.750. The first-order valence-corrected chi connectivity index (χ1v) is 4.76. The molecule has 13 heavy (non-hydrogen) atoms. The summed E-state index contributed by atoms with van der Waals surface area (Å²) in [6.45, 7) is 4.13. The summed E-state index contributed by atoms with van der Waals surface area (Å²) < 4.78 is 5.48. The highest BCUT2D eigenvalue weighted by Gasteiger charge is 2.03. The molecule has 1 aromatic heterocycles. The maximum absolute atomic E-state index is 5.58. The van der Waals surface area contributed by atoms with Crippen molar-refractivity contribution in [3.05, 3.63) is 17.3 Å². The van der Waals surface area contributed by atoms with E-state index in [0.29, 0.717) is 11.0 Å². The number of aromatic nitrogens is 2. The van der Waals surface area contributed by atoms with E-state index in [4.69, 9.17) is 16.3 Å². The van der Waals surface area contributed by atoms with Crippen molar-refractivity contribution in [3.63, 3.8) is 0 Å². The number of nitrogens with zero attached hydrogens (tertiary/aromatic N) is 2. The summed E-state index contributed by atoms with van der Waals surface area (Å²) in [6, 6.07) is 3.39. The predicted molar refractivity (Wildman–Crippen MR) is 52.0 cm³/mol. The molecule has 0 aromatic carbocycles. The monoisotopic (exact) mass is 200 g/mol. The van der Waals surface area contributed by atoms with Gasteiger partial charge in [-0.15, -0.1) is 10.2 Å². The van der Waals surface area contributed by atoms with Crippen molar-refractivity contribution in [2.45, 2.75) is 32.8 Å². The van der Waals surface area contributed by atoms with Crippen LogP contribution in [0.15, 0.2) is 12.1 Å². The lowest BCUT2D eigenvalue weighted by molar-refractivity contribution is 0.199. The van der Waals surface area contributed by atoms with Crippen LogP contribution in [0.25, 0.3) is 0 Å². The Balaban J connectivity index is 2.49. The minimum absolute atomic E-state index is 0.181. The van der Waals surface area contributed by atoms with Gasteiger partial charge in [-0.05, 0) is 19.4 Å². The molecule has 0 aliphatic carbocycles. The Labute approximate surface area is 83.1 Å². The van der Waals surface area contributed by atoms with Crippen molar-refractivity contribution in [2.75, 3.05) is 0 Å². The molecule has 0 fully saturated rings. The van der Waals surface area contributed by atoms with Gasteiger partial charge in [0, 0.05) is 6.07 Å². The van der Waals surface area contributed by atoms with Crippen LogP contribution in [-0.2, 0) is 0 Å². The largest absolute Gasteiger partial charge is 0.474 e. The molecule has 1 heterocycles. The second kappa shape index (κ2) is 5.02. The molecule has 1 atom stereocenters. The third kappa shape index (κ3) is 3.59. The Morgan fingerprint density at radius 2 is 2.23 bits per heavy atom. The fourth-order valence-electron chi connectivity index (χ4n) is 1.04. The number of hydrogen-bond acceptors (Lipinski definition) is 3. The molecule has 0 aliphatic rings. The van der Waals surface area contributed by atoms with Gasteiger partial charge < -0.3 is 4.74 Å². The fourth-order valence-corrected chi connectivity index (χ4v) is 1.14. The molecule has 3 nitrogen and oxygen atoms in total. The van der Waals surface area contributed by atoms with Gasteiger partial charge in [0.1, 0.15) is 0 Å². The number of halogens is 1. The number of ether oxygens (including phenoxy) is 1. The molecule has 72 valence electrons. The van der Waals surface area contributed by atoms with E-state index >= 15 is 0 Å². The van der Waals surface area contributed by atoms with Crippen LogP contribution in [0.2, 0.25) is 5.15 Å². The molecule has 0 spiro atoms. The van der Waals surface area contributed by atoms with Crippen LogP contribution in [0.5, 0.6) is 5.88 Å². The molecule has 0 N–H and O–H groups in total. The lowest BCUT2D eigenvalue weighted by atomic mass is 10.2. The molecule has 4 heteroatoms. The third-order valence-corrected chi connectivity index (χ3v) is 1.83. The summed E-state index contributed by atoms with van der Waals surface area (Å²) in [7, 11) is 0. The van der Waals surface area contributed by atoms with Crippen molar-refractivity contribution in [1.82, 2.24) is 10.2 Å². The van der Waals surface area contributed by atoms with Crippen LogP contribution in [0.1, 0.15) is 26.7 Å². The van der Waals surface area contributed by atoms with Gasteiger partial charge >= 0.3 is 0 Å². The molecule has 1 unspecified atom stereocenters. The zero-order valence-corrected chi connectivity index (χ0v) is 8.58. The fraction of sp³-hybridized carbons (Fsp3) is 0.556. The minimum atomic E-state index is 0.181. The highest BCUT2D eigenvalue weighted by Crippen LogP contribution is 2.11. The predicted octanol–water partition coefficient (Wildman–Crippen LogP) is 2.70. The molecule has 1 rings (SSSR count). The SMILES string of the molecule is CCCC(C)Oc1ccc(Cl)nn1. The molecule has 0 saturated carbocycles. The van der Waals surface area contributed by atoms with Crippen LogP contribution in [0.3, 0.4) is 0 Å². The maximum Gasteiger partial charge on any atom is 0.233 e. The van der Waals surface area contributed by atoms with E-state index in [1.54, 1.807) is 12.1 Å². The van der Waals surface area contributed by atoms with Gasteiger partial charge in [0.2, 0.25) is 5.88 Å². The lowest BCUT2D eigenvalue weighted by Crippen LogP contribution is -2.12. The van der Waals surface area contributed by atoms with Crippen molar-refractivity contribution >= 4 is 11.6 Å². The summed E-state index contributed by atoms with van der Waals surface area (Å²) in [5.74, 6) is 0.533. The normalized spacial score (nSPS) is 12.5. The molecule has 0 aliphatic heterocycles. The molecule has 0 amide bonds. The Morgan fingerprint density at radius 1 is 1.46 bits per heavy atom. The topological polar surface area (TPSA) is 35.0 Å². The second-order valence-corrected chi connectivity index (χ2v) is 3.30. The van der Waals surface area contributed by atoms with Gasteiger partial charge in [-0.3, -0.25) is 0 Å². The maximum atomic E-state index is 5.58. The molecule has 0 saturated heterocycles.